The van der Waals surface area contributed by atoms with Crippen LogP contribution in [0.15, 0.2) is 22.1 Å². The molecule has 1 aliphatic carbocycles. The molecule has 0 unspecified atom stereocenters. The van der Waals surface area contributed by atoms with Crippen molar-refractivity contribution in [2.45, 2.75) is 44.7 Å². The van der Waals surface area contributed by atoms with Crippen LogP contribution in [0.4, 0.5) is 10.1 Å². The molecule has 1 fully saturated rings. The average molecular weight is 329 g/mol. The molecular weight excluding hydrogens is 309 g/mol. The van der Waals surface area contributed by atoms with Gasteiger partial charge in [0.2, 0.25) is 11.9 Å². The molecule has 4 rings (SSSR count). The van der Waals surface area contributed by atoms with Crippen LogP contribution in [-0.2, 0) is 0 Å². The highest BCUT2D eigenvalue weighted by Gasteiger charge is 2.42. The van der Waals surface area contributed by atoms with E-state index in [1.165, 1.54) is 6.07 Å². The lowest BCUT2D eigenvalue weighted by atomic mass is 9.87. The van der Waals surface area contributed by atoms with Crippen LogP contribution >= 0.6 is 0 Å². The topological polar surface area (TPSA) is 109 Å². The molecule has 8 heteroatoms. The molecule has 0 radical (unpaired) electrons. The molecule has 7 nitrogen and oxygen atoms in total. The Labute approximate surface area is 138 Å². The summed E-state index contributed by atoms with van der Waals surface area (Å²) in [5.41, 5.74) is 13.3. The molecule has 126 valence electrons. The molecule has 0 bridgehead atoms. The number of nitrogens with zero attached hydrogens (tertiary/aromatic N) is 4. The van der Waals surface area contributed by atoms with Gasteiger partial charge in [-0.25, -0.2) is 9.38 Å². The Kier molecular flexibility index (Phi) is 3.22. The number of aryl methyl sites for hydroxylation is 1. The lowest BCUT2D eigenvalue weighted by molar-refractivity contribution is 0.305. The largest absolute Gasteiger partial charge is 0.369 e. The number of nitrogens with two attached hydrogens (primary N) is 2. The van der Waals surface area contributed by atoms with Crippen molar-refractivity contribution in [2.75, 3.05) is 4.90 Å². The van der Waals surface area contributed by atoms with Crippen molar-refractivity contribution in [3.05, 3.63) is 23.6 Å². The molecule has 1 aliphatic heterocycles. The molecule has 1 aromatic heterocycles. The van der Waals surface area contributed by atoms with Crippen molar-refractivity contribution in [1.82, 2.24) is 10.2 Å². The molecule has 2 aliphatic rings. The summed E-state index contributed by atoms with van der Waals surface area (Å²) in [5, 5.41) is 7.49. The summed E-state index contributed by atoms with van der Waals surface area (Å²) < 4.78 is 14.6. The summed E-state index contributed by atoms with van der Waals surface area (Å²) in [4.78, 5) is 10.5. The standard InChI is InChI=1S/C16H20FN7/c1-9-13-11(17)7-10(8-12(13)23-22-9)24-15(19)20-14(18)21-16(24)5-3-2-4-6-16/h7-8H,2-6H2,1H3,(H,22,23)(H4,18,19,20,21). The van der Waals surface area contributed by atoms with Gasteiger partial charge in [-0.05, 0) is 44.7 Å². The first kappa shape index (κ1) is 14.9. The Balaban J connectivity index is 1.88. The van der Waals surface area contributed by atoms with E-state index in [0.717, 1.165) is 32.1 Å². The fourth-order valence-electron chi connectivity index (χ4n) is 3.86. The number of H-pyrrole nitrogens is 1. The maximum Gasteiger partial charge on any atom is 0.220 e. The van der Waals surface area contributed by atoms with Crippen LogP contribution in [0, 0.1) is 12.7 Å². The van der Waals surface area contributed by atoms with E-state index in [1.54, 1.807) is 6.92 Å². The van der Waals surface area contributed by atoms with Crippen LogP contribution in [0.5, 0.6) is 0 Å². The number of fused-ring (bicyclic) bond motifs is 1. The van der Waals surface area contributed by atoms with Crippen LogP contribution in [-0.4, -0.2) is 27.8 Å². The zero-order chi connectivity index (χ0) is 16.9. The predicted molar refractivity (Wildman–Crippen MR) is 92.3 cm³/mol. The molecule has 5 N–H and O–H groups in total. The lowest BCUT2D eigenvalue weighted by Crippen LogP contribution is -2.58. The van der Waals surface area contributed by atoms with E-state index in [2.05, 4.69) is 20.2 Å². The first-order valence-corrected chi connectivity index (χ1v) is 8.14. The van der Waals surface area contributed by atoms with Gasteiger partial charge in [-0.1, -0.05) is 6.42 Å². The number of halogens is 1. The van der Waals surface area contributed by atoms with E-state index in [0.29, 0.717) is 22.3 Å². The highest BCUT2D eigenvalue weighted by molar-refractivity contribution is 6.06. The van der Waals surface area contributed by atoms with Gasteiger partial charge < -0.3 is 11.5 Å². The molecule has 1 saturated carbocycles. The molecule has 2 aromatic rings. The summed E-state index contributed by atoms with van der Waals surface area (Å²) in [6.45, 7) is 1.79. The van der Waals surface area contributed by atoms with E-state index >= 15 is 0 Å². The number of rotatable bonds is 1. The molecule has 0 atom stereocenters. The van der Waals surface area contributed by atoms with Crippen molar-refractivity contribution in [2.24, 2.45) is 21.5 Å². The van der Waals surface area contributed by atoms with Crippen LogP contribution in [0.3, 0.4) is 0 Å². The third-order valence-electron chi connectivity index (χ3n) is 4.88. The van der Waals surface area contributed by atoms with Gasteiger partial charge in [-0.2, -0.15) is 10.1 Å². The van der Waals surface area contributed by atoms with E-state index in [-0.39, 0.29) is 17.7 Å². The third kappa shape index (κ3) is 2.13. The predicted octanol–water partition coefficient (Wildman–Crippen LogP) is 2.12. The van der Waals surface area contributed by atoms with Gasteiger partial charge in [-0.15, -0.1) is 0 Å². The number of hydrogen-bond donors (Lipinski definition) is 3. The number of benzene rings is 1. The zero-order valence-corrected chi connectivity index (χ0v) is 13.5. The molecule has 0 saturated heterocycles. The number of anilines is 1. The van der Waals surface area contributed by atoms with Gasteiger partial charge in [0.25, 0.3) is 0 Å². The molecule has 2 heterocycles. The van der Waals surface area contributed by atoms with Crippen molar-refractivity contribution < 1.29 is 4.39 Å². The summed E-state index contributed by atoms with van der Waals surface area (Å²) >= 11 is 0. The number of guanidine groups is 2. The maximum absolute atomic E-state index is 14.6. The van der Waals surface area contributed by atoms with Gasteiger partial charge in [0.1, 0.15) is 11.5 Å². The second kappa shape index (κ2) is 5.19. The highest BCUT2D eigenvalue weighted by Crippen LogP contribution is 2.40. The van der Waals surface area contributed by atoms with Crippen molar-refractivity contribution in [3.63, 3.8) is 0 Å². The van der Waals surface area contributed by atoms with E-state index < -0.39 is 5.66 Å². The summed E-state index contributed by atoms with van der Waals surface area (Å²) in [5.74, 6) is 0.0910. The molecule has 24 heavy (non-hydrogen) atoms. The van der Waals surface area contributed by atoms with Crippen LogP contribution in [0.1, 0.15) is 37.8 Å². The first-order valence-electron chi connectivity index (χ1n) is 8.14. The summed E-state index contributed by atoms with van der Waals surface area (Å²) in [6, 6.07) is 3.29. The monoisotopic (exact) mass is 329 g/mol. The van der Waals surface area contributed by atoms with Crippen molar-refractivity contribution >= 4 is 28.5 Å². The van der Waals surface area contributed by atoms with E-state index in [1.807, 2.05) is 11.0 Å². The first-order chi connectivity index (χ1) is 11.5. The molecular formula is C16H20FN7. The van der Waals surface area contributed by atoms with Gasteiger partial charge >= 0.3 is 0 Å². The number of aromatic nitrogens is 2. The Morgan fingerprint density at radius 3 is 2.71 bits per heavy atom. The Bertz CT molecular complexity index is 861. The minimum absolute atomic E-state index is 0.183. The van der Waals surface area contributed by atoms with Crippen LogP contribution < -0.4 is 16.4 Å². The van der Waals surface area contributed by atoms with Gasteiger partial charge in [-0.3, -0.25) is 10.00 Å². The van der Waals surface area contributed by atoms with E-state index in [4.69, 9.17) is 11.5 Å². The quantitative estimate of drug-likeness (QED) is 0.744. The average Bonchev–Trinajstić information content (AvgIpc) is 2.89. The summed E-state index contributed by atoms with van der Waals surface area (Å²) in [6.07, 6.45) is 4.81. The second-order valence-electron chi connectivity index (χ2n) is 6.49. The highest BCUT2D eigenvalue weighted by atomic mass is 19.1. The maximum atomic E-state index is 14.6. The number of aromatic amines is 1. The van der Waals surface area contributed by atoms with Crippen LogP contribution in [0.25, 0.3) is 10.9 Å². The number of nitrogens with one attached hydrogen (secondary N) is 1. The lowest BCUT2D eigenvalue weighted by Gasteiger charge is -2.45. The SMILES string of the molecule is Cc1[nH]nc2cc(N3C(N)=NC(N)=NC34CCCCC4)cc(F)c12. The second-order valence-corrected chi connectivity index (χ2v) is 6.49. The molecule has 1 spiro atoms. The van der Waals surface area contributed by atoms with Gasteiger partial charge in [0.15, 0.2) is 0 Å². The summed E-state index contributed by atoms with van der Waals surface area (Å²) in [7, 11) is 0. The van der Waals surface area contributed by atoms with Gasteiger partial charge in [0.05, 0.1) is 16.6 Å². The number of hydrogen-bond acceptors (Lipinski definition) is 6. The Morgan fingerprint density at radius 1 is 1.21 bits per heavy atom. The van der Waals surface area contributed by atoms with Crippen LogP contribution in [0.2, 0.25) is 0 Å². The Morgan fingerprint density at radius 2 is 1.96 bits per heavy atom. The smallest absolute Gasteiger partial charge is 0.220 e. The minimum atomic E-state index is -0.584. The Hall–Kier alpha value is -2.64. The molecule has 1 aromatic carbocycles. The zero-order valence-electron chi connectivity index (χ0n) is 13.5. The fourth-order valence-corrected chi connectivity index (χ4v) is 3.86. The third-order valence-corrected chi connectivity index (χ3v) is 4.88. The van der Waals surface area contributed by atoms with Gasteiger partial charge in [0, 0.05) is 5.69 Å². The fraction of sp³-hybridized carbons (Fsp3) is 0.438. The van der Waals surface area contributed by atoms with E-state index in [9.17, 15) is 4.39 Å². The minimum Gasteiger partial charge on any atom is -0.369 e. The van der Waals surface area contributed by atoms with Crippen molar-refractivity contribution in [1.29, 1.82) is 0 Å². The van der Waals surface area contributed by atoms with Crippen molar-refractivity contribution in [3.8, 4) is 0 Å². The molecule has 0 amide bonds. The number of aliphatic imine (C=N–C) groups is 2. The normalized spacial score (nSPS) is 20.3.